The van der Waals surface area contributed by atoms with Gasteiger partial charge in [0.1, 0.15) is 5.82 Å². The van der Waals surface area contributed by atoms with Gasteiger partial charge in [0.25, 0.3) is 5.91 Å². The minimum absolute atomic E-state index is 0.00233. The number of carbonyl (C=O) groups excluding carboxylic acids is 1. The van der Waals surface area contributed by atoms with Crippen molar-refractivity contribution in [2.75, 3.05) is 19.7 Å². The molecule has 1 fully saturated rings. The molecule has 0 aromatic heterocycles. The minimum atomic E-state index is -0.507. The number of benzene rings is 2. The molecule has 1 saturated heterocycles. The van der Waals surface area contributed by atoms with Crippen LogP contribution in [0.1, 0.15) is 19.4 Å². The lowest BCUT2D eigenvalue weighted by Gasteiger charge is -2.44. The highest BCUT2D eigenvalue weighted by atomic mass is 79.9. The zero-order chi connectivity index (χ0) is 20.3. The number of ether oxygens (including phenoxy) is 1. The number of nitrogens with zero attached hydrogens (tertiary/aromatic N) is 2. The van der Waals surface area contributed by atoms with Crippen LogP contribution in [0.2, 0.25) is 0 Å². The molecule has 150 valence electrons. The van der Waals surface area contributed by atoms with Crippen LogP contribution in [0.25, 0.3) is 0 Å². The summed E-state index contributed by atoms with van der Waals surface area (Å²) >= 11 is 3.19. The molecule has 1 amide bonds. The van der Waals surface area contributed by atoms with Crippen LogP contribution < -0.4 is 4.74 Å². The Hall–Kier alpha value is -1.99. The summed E-state index contributed by atoms with van der Waals surface area (Å²) in [6, 6.07) is 11.1. The standard InChI is InChI=1S/C21H23BrF2N2O2/c1-14-11-26(21(27)13-28-20-8-5-17(22)9-19(20)24)15(2)10-25(14)12-16-3-6-18(23)7-4-16/h3-9,14-15H,10-13H2,1-2H3/t14-,15+/m1/s1. The molecule has 1 aliphatic heterocycles. The Morgan fingerprint density at radius 2 is 1.82 bits per heavy atom. The molecule has 2 atom stereocenters. The monoisotopic (exact) mass is 452 g/mol. The topological polar surface area (TPSA) is 32.8 Å². The highest BCUT2D eigenvalue weighted by Gasteiger charge is 2.32. The van der Waals surface area contributed by atoms with Gasteiger partial charge in [-0.2, -0.15) is 0 Å². The van der Waals surface area contributed by atoms with Gasteiger partial charge >= 0.3 is 0 Å². The second-order valence-corrected chi connectivity index (χ2v) is 8.08. The molecule has 1 heterocycles. The highest BCUT2D eigenvalue weighted by molar-refractivity contribution is 9.10. The van der Waals surface area contributed by atoms with Crippen molar-refractivity contribution in [3.8, 4) is 5.75 Å². The van der Waals surface area contributed by atoms with Crippen molar-refractivity contribution in [1.29, 1.82) is 0 Å². The number of piperazine rings is 1. The number of halogens is 3. The van der Waals surface area contributed by atoms with Gasteiger partial charge in [0, 0.05) is 36.2 Å². The molecule has 1 aliphatic rings. The molecule has 2 aromatic rings. The van der Waals surface area contributed by atoms with Crippen LogP contribution in [0.5, 0.6) is 5.75 Å². The van der Waals surface area contributed by atoms with Crippen LogP contribution >= 0.6 is 15.9 Å². The van der Waals surface area contributed by atoms with E-state index in [1.807, 2.05) is 6.92 Å². The Balaban J connectivity index is 1.57. The fourth-order valence-electron chi connectivity index (χ4n) is 3.40. The molecule has 0 bridgehead atoms. The summed E-state index contributed by atoms with van der Waals surface area (Å²) in [4.78, 5) is 16.7. The summed E-state index contributed by atoms with van der Waals surface area (Å²) in [6.07, 6.45) is 0. The largest absolute Gasteiger partial charge is 0.481 e. The van der Waals surface area contributed by atoms with Crippen molar-refractivity contribution in [3.63, 3.8) is 0 Å². The summed E-state index contributed by atoms with van der Waals surface area (Å²) in [5.74, 6) is -0.856. The van der Waals surface area contributed by atoms with E-state index in [-0.39, 0.29) is 36.2 Å². The van der Waals surface area contributed by atoms with E-state index in [1.54, 1.807) is 23.1 Å². The van der Waals surface area contributed by atoms with Gasteiger partial charge in [-0.15, -0.1) is 0 Å². The van der Waals surface area contributed by atoms with Gasteiger partial charge in [-0.05, 0) is 49.7 Å². The average Bonchev–Trinajstić information content (AvgIpc) is 2.65. The number of hydrogen-bond donors (Lipinski definition) is 0. The van der Waals surface area contributed by atoms with Crippen LogP contribution in [-0.2, 0) is 11.3 Å². The van der Waals surface area contributed by atoms with Gasteiger partial charge in [-0.3, -0.25) is 9.69 Å². The van der Waals surface area contributed by atoms with Crippen molar-refractivity contribution in [3.05, 3.63) is 64.1 Å². The zero-order valence-corrected chi connectivity index (χ0v) is 17.5. The third-order valence-corrected chi connectivity index (χ3v) is 5.47. The first kappa shape index (κ1) is 20.7. The Labute approximate surface area is 172 Å². The Bertz CT molecular complexity index is 832. The van der Waals surface area contributed by atoms with Crippen molar-refractivity contribution in [2.45, 2.75) is 32.5 Å². The third-order valence-electron chi connectivity index (χ3n) is 4.98. The molecule has 3 rings (SSSR count). The number of carbonyl (C=O) groups is 1. The number of amides is 1. The number of hydrogen-bond acceptors (Lipinski definition) is 3. The first-order valence-corrected chi connectivity index (χ1v) is 9.98. The van der Waals surface area contributed by atoms with Gasteiger partial charge in [0.2, 0.25) is 0 Å². The summed E-state index contributed by atoms with van der Waals surface area (Å²) in [6.45, 7) is 5.82. The molecular weight excluding hydrogens is 430 g/mol. The molecule has 0 aliphatic carbocycles. The normalized spacial score (nSPS) is 20.2. The second-order valence-electron chi connectivity index (χ2n) is 7.16. The van der Waals surface area contributed by atoms with Crippen LogP contribution in [0.4, 0.5) is 8.78 Å². The van der Waals surface area contributed by atoms with E-state index in [4.69, 9.17) is 4.74 Å². The summed E-state index contributed by atoms with van der Waals surface area (Å²) in [5, 5.41) is 0. The van der Waals surface area contributed by atoms with Gasteiger partial charge in [0.15, 0.2) is 18.2 Å². The van der Waals surface area contributed by atoms with Gasteiger partial charge < -0.3 is 9.64 Å². The third kappa shape index (κ3) is 5.08. The van der Waals surface area contributed by atoms with Crippen LogP contribution in [0, 0.1) is 11.6 Å². The lowest BCUT2D eigenvalue weighted by molar-refractivity contribution is -0.139. The van der Waals surface area contributed by atoms with E-state index in [9.17, 15) is 13.6 Å². The Kier molecular flexibility index (Phi) is 6.67. The first-order chi connectivity index (χ1) is 13.3. The van der Waals surface area contributed by atoms with Crippen molar-refractivity contribution in [1.82, 2.24) is 9.80 Å². The molecule has 0 saturated carbocycles. The molecule has 7 heteroatoms. The van der Waals surface area contributed by atoms with Crippen molar-refractivity contribution >= 4 is 21.8 Å². The molecular formula is C21H23BrF2N2O2. The van der Waals surface area contributed by atoms with Crippen LogP contribution in [0.3, 0.4) is 0 Å². The Morgan fingerprint density at radius 1 is 1.11 bits per heavy atom. The molecule has 0 spiro atoms. The fourth-order valence-corrected chi connectivity index (χ4v) is 3.74. The van der Waals surface area contributed by atoms with E-state index in [0.29, 0.717) is 24.1 Å². The SMILES string of the molecule is C[C@@H]1CN(C(=O)COc2ccc(Br)cc2F)[C@@H](C)CN1Cc1ccc(F)cc1. The van der Waals surface area contributed by atoms with E-state index in [0.717, 1.165) is 5.56 Å². The smallest absolute Gasteiger partial charge is 0.260 e. The maximum atomic E-state index is 13.9. The molecule has 2 aromatic carbocycles. The maximum absolute atomic E-state index is 13.9. The number of rotatable bonds is 5. The van der Waals surface area contributed by atoms with E-state index < -0.39 is 5.82 Å². The lowest BCUT2D eigenvalue weighted by atomic mass is 10.1. The predicted octanol–water partition coefficient (Wildman–Crippen LogP) is 4.23. The highest BCUT2D eigenvalue weighted by Crippen LogP contribution is 2.22. The predicted molar refractivity (Wildman–Crippen MR) is 107 cm³/mol. The summed E-state index contributed by atoms with van der Waals surface area (Å²) < 4.78 is 32.9. The van der Waals surface area contributed by atoms with Crippen LogP contribution in [-0.4, -0.2) is 47.5 Å². The Morgan fingerprint density at radius 3 is 2.50 bits per heavy atom. The van der Waals surface area contributed by atoms with E-state index >= 15 is 0 Å². The summed E-state index contributed by atoms with van der Waals surface area (Å²) in [7, 11) is 0. The van der Waals surface area contributed by atoms with E-state index in [2.05, 4.69) is 27.8 Å². The van der Waals surface area contributed by atoms with Gasteiger partial charge in [-0.25, -0.2) is 8.78 Å². The summed E-state index contributed by atoms with van der Waals surface area (Å²) in [5.41, 5.74) is 1.04. The molecule has 0 unspecified atom stereocenters. The van der Waals surface area contributed by atoms with Gasteiger partial charge in [-0.1, -0.05) is 28.1 Å². The average molecular weight is 453 g/mol. The van der Waals surface area contributed by atoms with Gasteiger partial charge in [0.05, 0.1) is 0 Å². The molecule has 0 radical (unpaired) electrons. The van der Waals surface area contributed by atoms with E-state index in [1.165, 1.54) is 24.3 Å². The molecule has 4 nitrogen and oxygen atoms in total. The van der Waals surface area contributed by atoms with Crippen LogP contribution in [0.15, 0.2) is 46.9 Å². The lowest BCUT2D eigenvalue weighted by Crippen LogP contribution is -2.58. The quantitative estimate of drug-likeness (QED) is 0.680. The first-order valence-electron chi connectivity index (χ1n) is 9.19. The molecule has 28 heavy (non-hydrogen) atoms. The van der Waals surface area contributed by atoms with Crippen molar-refractivity contribution < 1.29 is 18.3 Å². The fraction of sp³-hybridized carbons (Fsp3) is 0.381. The molecule has 0 N–H and O–H groups in total. The minimum Gasteiger partial charge on any atom is -0.481 e. The zero-order valence-electron chi connectivity index (χ0n) is 15.9. The van der Waals surface area contributed by atoms with Crippen molar-refractivity contribution in [2.24, 2.45) is 0 Å². The maximum Gasteiger partial charge on any atom is 0.260 e. The second kappa shape index (κ2) is 9.01.